The molecule has 0 spiro atoms. The van der Waals surface area contributed by atoms with Gasteiger partial charge in [-0.1, -0.05) is 0 Å². The van der Waals surface area contributed by atoms with Crippen LogP contribution in [-0.4, -0.2) is 7.05 Å². The Morgan fingerprint density at radius 2 is 2.00 bits per heavy atom. The molecule has 0 radical (unpaired) electrons. The van der Waals surface area contributed by atoms with E-state index in [4.69, 9.17) is 5.26 Å². The first-order valence-corrected chi connectivity index (χ1v) is 5.96. The Balaban J connectivity index is 2.09. The predicted molar refractivity (Wildman–Crippen MR) is 67.6 cm³/mol. The number of anilines is 1. The van der Waals surface area contributed by atoms with E-state index in [2.05, 4.69) is 34.8 Å². The van der Waals surface area contributed by atoms with E-state index in [9.17, 15) is 0 Å². The summed E-state index contributed by atoms with van der Waals surface area (Å²) < 4.78 is 0. The van der Waals surface area contributed by atoms with Crippen molar-refractivity contribution in [2.24, 2.45) is 0 Å². The van der Waals surface area contributed by atoms with E-state index in [0.29, 0.717) is 5.56 Å². The summed E-state index contributed by atoms with van der Waals surface area (Å²) in [4.78, 5) is 2.17. The second-order valence-corrected chi connectivity index (χ2v) is 4.43. The van der Waals surface area contributed by atoms with Crippen LogP contribution in [0.1, 0.15) is 11.1 Å². The number of hydrogen-bond acceptors (Lipinski definition) is 3. The highest BCUT2D eigenvalue weighted by molar-refractivity contribution is 7.07. The van der Waals surface area contributed by atoms with Crippen LogP contribution < -0.4 is 4.90 Å². The Kier molecular flexibility index (Phi) is 3.23. The van der Waals surface area contributed by atoms with Gasteiger partial charge in [-0.25, -0.2) is 0 Å². The predicted octanol–water partition coefficient (Wildman–Crippen LogP) is 3.26. The summed E-state index contributed by atoms with van der Waals surface area (Å²) in [5.74, 6) is 0. The molecule has 1 aromatic carbocycles. The number of nitrogens with zero attached hydrogens (tertiary/aromatic N) is 2. The Hall–Kier alpha value is -1.79. The lowest BCUT2D eigenvalue weighted by atomic mass is 10.2. The lowest BCUT2D eigenvalue weighted by Crippen LogP contribution is -2.15. The van der Waals surface area contributed by atoms with Crippen LogP contribution in [-0.2, 0) is 6.54 Å². The molecule has 0 saturated carbocycles. The third-order valence-electron chi connectivity index (χ3n) is 2.44. The van der Waals surface area contributed by atoms with Crippen molar-refractivity contribution in [3.05, 3.63) is 52.2 Å². The molecule has 0 saturated heterocycles. The van der Waals surface area contributed by atoms with E-state index >= 15 is 0 Å². The average molecular weight is 228 g/mol. The van der Waals surface area contributed by atoms with Crippen LogP contribution >= 0.6 is 11.3 Å². The Labute approximate surface area is 99.4 Å². The quantitative estimate of drug-likeness (QED) is 0.806. The molecule has 2 nitrogen and oxygen atoms in total. The van der Waals surface area contributed by atoms with Crippen LogP contribution in [0.5, 0.6) is 0 Å². The number of nitriles is 1. The summed E-state index contributed by atoms with van der Waals surface area (Å²) in [5.41, 5.74) is 3.15. The van der Waals surface area contributed by atoms with Crippen molar-refractivity contribution in [2.45, 2.75) is 6.54 Å². The summed E-state index contributed by atoms with van der Waals surface area (Å²) in [6.07, 6.45) is 0. The maximum atomic E-state index is 8.71. The number of benzene rings is 1. The van der Waals surface area contributed by atoms with Gasteiger partial charge >= 0.3 is 0 Å². The van der Waals surface area contributed by atoms with Gasteiger partial charge in [0, 0.05) is 19.3 Å². The number of thiophene rings is 1. The fraction of sp³-hybridized carbons (Fsp3) is 0.154. The summed E-state index contributed by atoms with van der Waals surface area (Å²) in [7, 11) is 2.05. The standard InChI is InChI=1S/C13H12N2S/c1-15(9-12-6-7-16-10-12)13-4-2-11(8-14)3-5-13/h2-7,10H,9H2,1H3. The van der Waals surface area contributed by atoms with Gasteiger partial charge in [0.1, 0.15) is 0 Å². The van der Waals surface area contributed by atoms with Crippen molar-refractivity contribution in [1.29, 1.82) is 5.26 Å². The molecule has 0 aliphatic carbocycles. The van der Waals surface area contributed by atoms with Crippen LogP contribution in [0.2, 0.25) is 0 Å². The molecule has 1 aromatic heterocycles. The summed E-state index contributed by atoms with van der Waals surface area (Å²) in [5, 5.41) is 13.0. The van der Waals surface area contributed by atoms with Crippen LogP contribution in [0.25, 0.3) is 0 Å². The molecule has 16 heavy (non-hydrogen) atoms. The highest BCUT2D eigenvalue weighted by Gasteiger charge is 2.02. The van der Waals surface area contributed by atoms with Gasteiger partial charge in [0.05, 0.1) is 11.6 Å². The minimum atomic E-state index is 0.702. The Morgan fingerprint density at radius 1 is 1.25 bits per heavy atom. The molecule has 1 heterocycles. The van der Waals surface area contributed by atoms with Crippen LogP contribution in [0, 0.1) is 11.3 Å². The highest BCUT2D eigenvalue weighted by Crippen LogP contribution is 2.17. The monoisotopic (exact) mass is 228 g/mol. The van der Waals surface area contributed by atoms with Gasteiger partial charge in [-0.3, -0.25) is 0 Å². The molecule has 2 rings (SSSR count). The molecule has 0 aliphatic rings. The normalized spacial score (nSPS) is 9.75. The van der Waals surface area contributed by atoms with Crippen molar-refractivity contribution in [3.8, 4) is 6.07 Å². The van der Waals surface area contributed by atoms with Crippen LogP contribution in [0.15, 0.2) is 41.1 Å². The maximum absolute atomic E-state index is 8.71. The number of hydrogen-bond donors (Lipinski definition) is 0. The van der Waals surface area contributed by atoms with E-state index in [1.165, 1.54) is 5.56 Å². The molecule has 3 heteroatoms. The molecule has 0 N–H and O–H groups in total. The first-order chi connectivity index (χ1) is 7.79. The minimum Gasteiger partial charge on any atom is -0.370 e. The molecule has 0 aliphatic heterocycles. The van der Waals surface area contributed by atoms with Gasteiger partial charge in [0.25, 0.3) is 0 Å². The van der Waals surface area contributed by atoms with Crippen molar-refractivity contribution < 1.29 is 0 Å². The molecule has 80 valence electrons. The topological polar surface area (TPSA) is 27.0 Å². The largest absolute Gasteiger partial charge is 0.370 e. The fourth-order valence-electron chi connectivity index (χ4n) is 1.54. The Morgan fingerprint density at radius 3 is 2.56 bits per heavy atom. The van der Waals surface area contributed by atoms with Crippen LogP contribution in [0.3, 0.4) is 0 Å². The molecule has 0 atom stereocenters. The average Bonchev–Trinajstić information content (AvgIpc) is 2.82. The molecule has 0 amide bonds. The highest BCUT2D eigenvalue weighted by atomic mass is 32.1. The lowest BCUT2D eigenvalue weighted by Gasteiger charge is -2.18. The zero-order chi connectivity index (χ0) is 11.4. The molecular weight excluding hydrogens is 216 g/mol. The molecular formula is C13H12N2S. The van der Waals surface area contributed by atoms with Crippen molar-refractivity contribution >= 4 is 17.0 Å². The Bertz CT molecular complexity index is 480. The van der Waals surface area contributed by atoms with E-state index in [1.54, 1.807) is 11.3 Å². The second kappa shape index (κ2) is 4.82. The smallest absolute Gasteiger partial charge is 0.0991 e. The molecule has 0 fully saturated rings. The lowest BCUT2D eigenvalue weighted by molar-refractivity contribution is 0.927. The molecule has 0 unspecified atom stereocenters. The molecule has 0 bridgehead atoms. The van der Waals surface area contributed by atoms with Crippen molar-refractivity contribution in [1.82, 2.24) is 0 Å². The molecule has 2 aromatic rings. The first kappa shape index (κ1) is 10.7. The minimum absolute atomic E-state index is 0.702. The van der Waals surface area contributed by atoms with E-state index in [-0.39, 0.29) is 0 Å². The zero-order valence-corrected chi connectivity index (χ0v) is 9.87. The van der Waals surface area contributed by atoms with Gasteiger partial charge in [-0.2, -0.15) is 16.6 Å². The summed E-state index contributed by atoms with van der Waals surface area (Å²) in [6.45, 7) is 0.898. The van der Waals surface area contributed by atoms with E-state index in [0.717, 1.165) is 12.2 Å². The fourth-order valence-corrected chi connectivity index (χ4v) is 2.20. The van der Waals surface area contributed by atoms with Gasteiger partial charge < -0.3 is 4.90 Å². The first-order valence-electron chi connectivity index (χ1n) is 5.02. The third-order valence-corrected chi connectivity index (χ3v) is 3.17. The van der Waals surface area contributed by atoms with Gasteiger partial charge in [0.2, 0.25) is 0 Å². The van der Waals surface area contributed by atoms with E-state index < -0.39 is 0 Å². The van der Waals surface area contributed by atoms with Crippen molar-refractivity contribution in [2.75, 3.05) is 11.9 Å². The second-order valence-electron chi connectivity index (χ2n) is 3.65. The van der Waals surface area contributed by atoms with Gasteiger partial charge in [-0.15, -0.1) is 0 Å². The summed E-state index contributed by atoms with van der Waals surface area (Å²) in [6, 6.07) is 11.9. The number of rotatable bonds is 3. The van der Waals surface area contributed by atoms with Crippen LogP contribution in [0.4, 0.5) is 5.69 Å². The van der Waals surface area contributed by atoms with E-state index in [1.807, 2.05) is 24.3 Å². The summed E-state index contributed by atoms with van der Waals surface area (Å²) >= 11 is 1.71. The van der Waals surface area contributed by atoms with Crippen molar-refractivity contribution in [3.63, 3.8) is 0 Å². The van der Waals surface area contributed by atoms with Gasteiger partial charge in [-0.05, 0) is 46.7 Å². The third kappa shape index (κ3) is 2.41. The maximum Gasteiger partial charge on any atom is 0.0991 e. The zero-order valence-electron chi connectivity index (χ0n) is 9.05. The van der Waals surface area contributed by atoms with Gasteiger partial charge in [0.15, 0.2) is 0 Å². The SMILES string of the molecule is CN(Cc1ccsc1)c1ccc(C#N)cc1.